The van der Waals surface area contributed by atoms with Gasteiger partial charge in [-0.2, -0.15) is 0 Å². The van der Waals surface area contributed by atoms with Gasteiger partial charge < -0.3 is 16.0 Å². The van der Waals surface area contributed by atoms with E-state index in [0.29, 0.717) is 6.54 Å². The van der Waals surface area contributed by atoms with Crippen LogP contribution in [0.2, 0.25) is 0 Å². The van der Waals surface area contributed by atoms with Crippen LogP contribution in [0.1, 0.15) is 49.8 Å². The molecule has 3 N–H and O–H groups in total. The zero-order valence-electron chi connectivity index (χ0n) is 14.1. The van der Waals surface area contributed by atoms with Crippen LogP contribution in [0.15, 0.2) is 24.3 Å². The minimum atomic E-state index is -0.650. The number of nitrogens with one attached hydrogen (secondary N) is 1. The van der Waals surface area contributed by atoms with E-state index in [4.69, 9.17) is 5.73 Å². The molecule has 1 unspecified atom stereocenters. The molecule has 122 valence electrons. The summed E-state index contributed by atoms with van der Waals surface area (Å²) >= 11 is 0. The van der Waals surface area contributed by atoms with Crippen LogP contribution in [0.4, 0.5) is 0 Å². The molecule has 4 heteroatoms. The van der Waals surface area contributed by atoms with Crippen molar-refractivity contribution >= 4 is 5.91 Å². The first-order valence-electron chi connectivity index (χ1n) is 8.29. The summed E-state index contributed by atoms with van der Waals surface area (Å²) in [5.41, 5.74) is 8.12. The Morgan fingerprint density at radius 2 is 1.86 bits per heavy atom. The fourth-order valence-electron chi connectivity index (χ4n) is 3.17. The van der Waals surface area contributed by atoms with Gasteiger partial charge in [0.05, 0.1) is 11.6 Å². The lowest BCUT2D eigenvalue weighted by atomic mass is 9.97. The Morgan fingerprint density at radius 3 is 2.36 bits per heavy atom. The number of carbonyl (C=O) groups excluding carboxylic acids is 1. The zero-order valence-corrected chi connectivity index (χ0v) is 14.1. The maximum Gasteiger partial charge on any atom is 0.240 e. The summed E-state index contributed by atoms with van der Waals surface area (Å²) in [4.78, 5) is 14.5. The average Bonchev–Trinajstić information content (AvgIpc) is 2.95. The standard InChI is InChI=1S/C18H29N3O/c1-4-14-7-9-15(10-8-14)16(21(2)3)13-20-17(22)18(19)11-5-6-12-18/h7-10,16H,4-6,11-13,19H2,1-3H3,(H,20,22). The zero-order chi connectivity index (χ0) is 16.2. The second-order valence-electron chi connectivity index (χ2n) is 6.65. The topological polar surface area (TPSA) is 58.4 Å². The molecule has 1 atom stereocenters. The number of likely N-dealkylation sites (N-methyl/N-ethyl adjacent to an activating group) is 1. The van der Waals surface area contributed by atoms with Crippen molar-refractivity contribution in [1.29, 1.82) is 0 Å². The van der Waals surface area contributed by atoms with Gasteiger partial charge in [-0.15, -0.1) is 0 Å². The van der Waals surface area contributed by atoms with Gasteiger partial charge in [-0.3, -0.25) is 4.79 Å². The fraction of sp³-hybridized carbons (Fsp3) is 0.611. The van der Waals surface area contributed by atoms with Gasteiger partial charge in [0.1, 0.15) is 0 Å². The van der Waals surface area contributed by atoms with Crippen molar-refractivity contribution in [3.63, 3.8) is 0 Å². The highest BCUT2D eigenvalue weighted by molar-refractivity contribution is 5.86. The van der Waals surface area contributed by atoms with E-state index in [2.05, 4.69) is 41.4 Å². The van der Waals surface area contributed by atoms with Gasteiger partial charge in [-0.1, -0.05) is 44.0 Å². The van der Waals surface area contributed by atoms with Crippen molar-refractivity contribution < 1.29 is 4.79 Å². The fourth-order valence-corrected chi connectivity index (χ4v) is 3.17. The predicted molar refractivity (Wildman–Crippen MR) is 90.6 cm³/mol. The highest BCUT2D eigenvalue weighted by Crippen LogP contribution is 2.27. The van der Waals surface area contributed by atoms with E-state index in [1.165, 1.54) is 11.1 Å². The van der Waals surface area contributed by atoms with E-state index in [1.807, 2.05) is 14.1 Å². The first-order chi connectivity index (χ1) is 10.5. The van der Waals surface area contributed by atoms with Crippen LogP contribution in [-0.4, -0.2) is 37.0 Å². The second kappa shape index (κ2) is 7.25. The Kier molecular flexibility index (Phi) is 5.59. The van der Waals surface area contributed by atoms with Gasteiger partial charge >= 0.3 is 0 Å². The van der Waals surface area contributed by atoms with Crippen LogP contribution >= 0.6 is 0 Å². The van der Waals surface area contributed by atoms with Crippen LogP contribution in [0, 0.1) is 0 Å². The summed E-state index contributed by atoms with van der Waals surface area (Å²) < 4.78 is 0. The number of nitrogens with zero attached hydrogens (tertiary/aromatic N) is 1. The van der Waals surface area contributed by atoms with Gasteiger partial charge in [0, 0.05) is 6.54 Å². The van der Waals surface area contributed by atoms with Crippen LogP contribution in [0.25, 0.3) is 0 Å². The number of benzene rings is 1. The van der Waals surface area contributed by atoms with Crippen LogP contribution in [0.3, 0.4) is 0 Å². The summed E-state index contributed by atoms with van der Waals surface area (Å²) in [7, 11) is 4.08. The maximum atomic E-state index is 12.4. The van der Waals surface area contributed by atoms with Crippen molar-refractivity contribution in [3.05, 3.63) is 35.4 Å². The van der Waals surface area contributed by atoms with Crippen LogP contribution < -0.4 is 11.1 Å². The summed E-state index contributed by atoms with van der Waals surface area (Å²) in [5.74, 6) is 0.00188. The maximum absolute atomic E-state index is 12.4. The summed E-state index contributed by atoms with van der Waals surface area (Å²) in [6, 6.07) is 8.80. The molecule has 1 saturated carbocycles. The summed E-state index contributed by atoms with van der Waals surface area (Å²) in [6.07, 6.45) is 4.76. The largest absolute Gasteiger partial charge is 0.353 e. The number of hydrogen-bond acceptors (Lipinski definition) is 3. The Morgan fingerprint density at radius 1 is 1.27 bits per heavy atom. The second-order valence-corrected chi connectivity index (χ2v) is 6.65. The van der Waals surface area contributed by atoms with E-state index in [9.17, 15) is 4.79 Å². The molecule has 2 rings (SSSR count). The van der Waals surface area contributed by atoms with Gasteiger partial charge in [-0.05, 0) is 44.5 Å². The normalized spacial score (nSPS) is 18.4. The molecular formula is C18H29N3O. The first-order valence-corrected chi connectivity index (χ1v) is 8.29. The van der Waals surface area contributed by atoms with Crippen molar-refractivity contribution in [1.82, 2.24) is 10.2 Å². The summed E-state index contributed by atoms with van der Waals surface area (Å²) in [6.45, 7) is 2.75. The Hall–Kier alpha value is -1.39. The molecule has 0 radical (unpaired) electrons. The van der Waals surface area contributed by atoms with Gasteiger partial charge in [0.2, 0.25) is 5.91 Å². The van der Waals surface area contributed by atoms with Crippen LogP contribution in [-0.2, 0) is 11.2 Å². The molecule has 0 spiro atoms. The molecule has 0 aliphatic heterocycles. The molecule has 1 aromatic carbocycles. The lowest BCUT2D eigenvalue weighted by Gasteiger charge is -2.28. The number of aryl methyl sites for hydroxylation is 1. The highest BCUT2D eigenvalue weighted by atomic mass is 16.2. The van der Waals surface area contributed by atoms with E-state index in [0.717, 1.165) is 32.1 Å². The lowest BCUT2D eigenvalue weighted by Crippen LogP contribution is -2.53. The lowest BCUT2D eigenvalue weighted by molar-refractivity contribution is -0.126. The Bertz CT molecular complexity index is 490. The molecule has 0 heterocycles. The number of nitrogens with two attached hydrogens (primary N) is 1. The van der Waals surface area contributed by atoms with E-state index in [1.54, 1.807) is 0 Å². The molecule has 0 aromatic heterocycles. The molecule has 1 aliphatic carbocycles. The Balaban J connectivity index is 2.01. The van der Waals surface area contributed by atoms with E-state index in [-0.39, 0.29) is 11.9 Å². The molecule has 1 aliphatic rings. The quantitative estimate of drug-likeness (QED) is 0.847. The molecule has 1 amide bonds. The third kappa shape index (κ3) is 3.87. The number of hydrogen-bond donors (Lipinski definition) is 2. The van der Waals surface area contributed by atoms with Crippen molar-refractivity contribution in [2.45, 2.75) is 50.6 Å². The smallest absolute Gasteiger partial charge is 0.240 e. The monoisotopic (exact) mass is 303 g/mol. The average molecular weight is 303 g/mol. The number of carbonyl (C=O) groups is 1. The Labute approximate surface area is 134 Å². The molecule has 22 heavy (non-hydrogen) atoms. The van der Waals surface area contributed by atoms with Gasteiger partial charge in [0.15, 0.2) is 0 Å². The van der Waals surface area contributed by atoms with E-state index < -0.39 is 5.54 Å². The molecule has 0 bridgehead atoms. The summed E-state index contributed by atoms with van der Waals surface area (Å²) in [5, 5.41) is 3.07. The third-order valence-electron chi connectivity index (χ3n) is 4.80. The molecule has 0 saturated heterocycles. The predicted octanol–water partition coefficient (Wildman–Crippen LogP) is 2.24. The van der Waals surface area contributed by atoms with Gasteiger partial charge in [-0.25, -0.2) is 0 Å². The van der Waals surface area contributed by atoms with Crippen molar-refractivity contribution in [2.75, 3.05) is 20.6 Å². The molecular weight excluding hydrogens is 274 g/mol. The third-order valence-corrected chi connectivity index (χ3v) is 4.80. The minimum absolute atomic E-state index is 0.00188. The SMILES string of the molecule is CCc1ccc(C(CNC(=O)C2(N)CCCC2)N(C)C)cc1. The highest BCUT2D eigenvalue weighted by Gasteiger charge is 2.37. The minimum Gasteiger partial charge on any atom is -0.353 e. The first kappa shape index (κ1) is 17.0. The number of rotatable bonds is 6. The molecule has 1 aromatic rings. The van der Waals surface area contributed by atoms with Crippen molar-refractivity contribution in [3.8, 4) is 0 Å². The van der Waals surface area contributed by atoms with E-state index >= 15 is 0 Å². The number of amides is 1. The molecule has 1 fully saturated rings. The van der Waals surface area contributed by atoms with Crippen molar-refractivity contribution in [2.24, 2.45) is 5.73 Å². The van der Waals surface area contributed by atoms with Gasteiger partial charge in [0.25, 0.3) is 0 Å². The molecule has 4 nitrogen and oxygen atoms in total. The van der Waals surface area contributed by atoms with Crippen LogP contribution in [0.5, 0.6) is 0 Å².